The number of thiophene rings is 1. The monoisotopic (exact) mass is 346 g/mol. The third-order valence-corrected chi connectivity index (χ3v) is 6.03. The lowest BCUT2D eigenvalue weighted by molar-refractivity contribution is -0.124. The predicted molar refractivity (Wildman–Crippen MR) is 92.8 cm³/mol. The van der Waals surface area contributed by atoms with Crippen LogP contribution in [0, 0.1) is 5.92 Å². The summed E-state index contributed by atoms with van der Waals surface area (Å²) in [6.07, 6.45) is 5.25. The van der Waals surface area contributed by atoms with E-state index < -0.39 is 0 Å². The minimum atomic E-state index is 0.215. The van der Waals surface area contributed by atoms with Crippen LogP contribution in [0.25, 0.3) is 15.7 Å². The van der Waals surface area contributed by atoms with Crippen LogP contribution in [0.2, 0.25) is 0 Å². The van der Waals surface area contributed by atoms with Crippen molar-refractivity contribution < 1.29 is 4.79 Å². The minimum Gasteiger partial charge on any atom is -0.355 e. The maximum Gasteiger partial charge on any atom is 0.223 e. The fourth-order valence-electron chi connectivity index (χ4n) is 3.05. The average Bonchev–Trinajstić information content (AvgIpc) is 3.32. The largest absolute Gasteiger partial charge is 0.355 e. The maximum absolute atomic E-state index is 12.1. The zero-order valence-corrected chi connectivity index (χ0v) is 14.3. The summed E-state index contributed by atoms with van der Waals surface area (Å²) in [5.41, 5.74) is 1.10. The van der Waals surface area contributed by atoms with Gasteiger partial charge in [0.15, 0.2) is 5.82 Å². The fourth-order valence-corrected chi connectivity index (χ4v) is 4.56. The zero-order valence-electron chi connectivity index (χ0n) is 12.7. The number of nitrogens with zero attached hydrogens (tertiary/aromatic N) is 3. The number of carbonyl (C=O) groups is 1. The first-order valence-electron chi connectivity index (χ1n) is 7.96. The molecule has 23 heavy (non-hydrogen) atoms. The Bertz CT molecular complexity index is 799. The van der Waals surface area contributed by atoms with Crippen LogP contribution >= 0.6 is 22.7 Å². The molecule has 1 fully saturated rings. The van der Waals surface area contributed by atoms with Crippen molar-refractivity contribution in [1.29, 1.82) is 0 Å². The summed E-state index contributed by atoms with van der Waals surface area (Å²) in [5.74, 6) is 1.23. The van der Waals surface area contributed by atoms with Gasteiger partial charge in [-0.2, -0.15) is 4.98 Å². The van der Waals surface area contributed by atoms with Crippen molar-refractivity contribution in [3.05, 3.63) is 28.6 Å². The van der Waals surface area contributed by atoms with Crippen molar-refractivity contribution in [3.63, 3.8) is 0 Å². The molecule has 1 N–H and O–H groups in total. The second-order valence-electron chi connectivity index (χ2n) is 5.86. The van der Waals surface area contributed by atoms with Gasteiger partial charge < -0.3 is 5.32 Å². The normalized spacial score (nSPS) is 15.5. The Balaban J connectivity index is 1.41. The summed E-state index contributed by atoms with van der Waals surface area (Å²) in [4.78, 5) is 18.6. The van der Waals surface area contributed by atoms with Gasteiger partial charge in [-0.1, -0.05) is 18.9 Å². The van der Waals surface area contributed by atoms with Gasteiger partial charge in [0, 0.05) is 24.3 Å². The summed E-state index contributed by atoms with van der Waals surface area (Å²) in [6.45, 7) is 0.662. The van der Waals surface area contributed by atoms with Crippen LogP contribution in [0.4, 0.5) is 0 Å². The molecule has 5 nitrogen and oxygen atoms in total. The van der Waals surface area contributed by atoms with Gasteiger partial charge >= 0.3 is 0 Å². The Labute approximate surface area is 142 Å². The van der Waals surface area contributed by atoms with E-state index in [1.165, 1.54) is 12.8 Å². The number of carbonyl (C=O) groups excluding carboxylic acids is 1. The second kappa shape index (κ2) is 6.41. The molecule has 120 valence electrons. The quantitative estimate of drug-likeness (QED) is 0.770. The molecule has 1 saturated carbocycles. The van der Waals surface area contributed by atoms with Crippen LogP contribution in [0.5, 0.6) is 0 Å². The van der Waals surface area contributed by atoms with Crippen LogP contribution in [0.15, 0.2) is 22.9 Å². The van der Waals surface area contributed by atoms with E-state index >= 15 is 0 Å². The van der Waals surface area contributed by atoms with E-state index in [0.717, 1.165) is 40.6 Å². The van der Waals surface area contributed by atoms with Crippen LogP contribution in [0.1, 0.15) is 31.4 Å². The summed E-state index contributed by atoms with van der Waals surface area (Å²) in [5, 5.41) is 11.8. The molecule has 0 aliphatic heterocycles. The van der Waals surface area contributed by atoms with Gasteiger partial charge in [0.05, 0.1) is 10.6 Å². The van der Waals surface area contributed by atoms with Gasteiger partial charge in [-0.15, -0.1) is 27.8 Å². The summed E-state index contributed by atoms with van der Waals surface area (Å²) in [7, 11) is 0. The van der Waals surface area contributed by atoms with Crippen molar-refractivity contribution in [1.82, 2.24) is 19.9 Å². The lowest BCUT2D eigenvalue weighted by Gasteiger charge is -2.09. The molecular weight excluding hydrogens is 328 g/mol. The Kier molecular flexibility index (Phi) is 4.13. The number of rotatable bonds is 5. The molecule has 7 heteroatoms. The first-order valence-corrected chi connectivity index (χ1v) is 9.72. The molecule has 0 radical (unpaired) electrons. The molecule has 0 saturated heterocycles. The third-order valence-electron chi connectivity index (χ3n) is 4.30. The average molecular weight is 346 g/mol. The highest BCUT2D eigenvalue weighted by Gasteiger charge is 2.22. The number of thiazole rings is 1. The van der Waals surface area contributed by atoms with E-state index in [1.54, 1.807) is 22.7 Å². The maximum atomic E-state index is 12.1. The third kappa shape index (κ3) is 3.03. The Morgan fingerprint density at radius 1 is 1.35 bits per heavy atom. The van der Waals surface area contributed by atoms with E-state index in [1.807, 2.05) is 22.0 Å². The molecular formula is C16H18N4OS2. The van der Waals surface area contributed by atoms with Crippen LogP contribution < -0.4 is 5.32 Å². The van der Waals surface area contributed by atoms with E-state index in [2.05, 4.69) is 20.8 Å². The molecule has 1 aliphatic carbocycles. The first-order chi connectivity index (χ1) is 11.3. The predicted octanol–water partition coefficient (Wildman–Crippen LogP) is 3.37. The Morgan fingerprint density at radius 2 is 2.22 bits per heavy atom. The van der Waals surface area contributed by atoms with E-state index in [0.29, 0.717) is 6.54 Å². The highest BCUT2D eigenvalue weighted by atomic mass is 32.1. The molecule has 3 heterocycles. The standard InChI is InChI=1S/C16H18N4OS2/c21-15(11-4-1-2-5-11)17-8-7-12-10-23-16-18-14(19-20(12)16)13-6-3-9-22-13/h3,6,9-11H,1-2,4-5,7-8H2,(H,17,21). The van der Waals surface area contributed by atoms with Gasteiger partial charge in [0.25, 0.3) is 0 Å². The Hall–Kier alpha value is -1.73. The molecule has 0 atom stereocenters. The van der Waals surface area contributed by atoms with Gasteiger partial charge in [0.1, 0.15) is 0 Å². The lowest BCUT2D eigenvalue weighted by Crippen LogP contribution is -2.31. The molecule has 0 spiro atoms. The SMILES string of the molecule is O=C(NCCc1csc2nc(-c3cccs3)nn12)C1CCCC1. The van der Waals surface area contributed by atoms with Gasteiger partial charge in [-0.25, -0.2) is 4.52 Å². The number of nitrogens with one attached hydrogen (secondary N) is 1. The summed E-state index contributed by atoms with van der Waals surface area (Å²) in [6, 6.07) is 4.04. The molecule has 3 aromatic rings. The van der Waals surface area contributed by atoms with Crippen molar-refractivity contribution >= 4 is 33.5 Å². The Morgan fingerprint density at radius 3 is 3.00 bits per heavy atom. The zero-order chi connectivity index (χ0) is 15.6. The molecule has 4 rings (SSSR count). The van der Waals surface area contributed by atoms with Gasteiger partial charge in [-0.3, -0.25) is 4.79 Å². The van der Waals surface area contributed by atoms with Crippen LogP contribution in [-0.2, 0) is 11.2 Å². The smallest absolute Gasteiger partial charge is 0.223 e. The van der Waals surface area contributed by atoms with Crippen molar-refractivity contribution in [2.75, 3.05) is 6.54 Å². The number of hydrogen-bond donors (Lipinski definition) is 1. The second-order valence-corrected chi connectivity index (χ2v) is 7.64. The molecule has 0 unspecified atom stereocenters. The number of hydrogen-bond acceptors (Lipinski definition) is 5. The van der Waals surface area contributed by atoms with E-state index in [-0.39, 0.29) is 11.8 Å². The topological polar surface area (TPSA) is 59.3 Å². The van der Waals surface area contributed by atoms with Crippen molar-refractivity contribution in [2.24, 2.45) is 5.92 Å². The molecule has 0 aromatic carbocycles. The highest BCUT2D eigenvalue weighted by Crippen LogP contribution is 2.25. The van der Waals surface area contributed by atoms with Crippen molar-refractivity contribution in [2.45, 2.75) is 32.1 Å². The highest BCUT2D eigenvalue weighted by molar-refractivity contribution is 7.15. The van der Waals surface area contributed by atoms with Gasteiger partial charge in [-0.05, 0) is 24.3 Å². The first kappa shape index (κ1) is 14.8. The minimum absolute atomic E-state index is 0.215. The number of amides is 1. The molecule has 0 bridgehead atoms. The lowest BCUT2D eigenvalue weighted by atomic mass is 10.1. The van der Waals surface area contributed by atoms with Gasteiger partial charge in [0.2, 0.25) is 10.9 Å². The van der Waals surface area contributed by atoms with Crippen molar-refractivity contribution in [3.8, 4) is 10.7 Å². The van der Waals surface area contributed by atoms with E-state index in [9.17, 15) is 4.79 Å². The molecule has 1 aliphatic rings. The van der Waals surface area contributed by atoms with Crippen LogP contribution in [-0.4, -0.2) is 27.0 Å². The number of fused-ring (bicyclic) bond motifs is 1. The summed E-state index contributed by atoms with van der Waals surface area (Å²) >= 11 is 3.24. The van der Waals surface area contributed by atoms with E-state index in [4.69, 9.17) is 0 Å². The fraction of sp³-hybridized carbons (Fsp3) is 0.438. The van der Waals surface area contributed by atoms with Crippen LogP contribution in [0.3, 0.4) is 0 Å². The number of aromatic nitrogens is 3. The molecule has 3 aromatic heterocycles. The molecule has 1 amide bonds. The summed E-state index contributed by atoms with van der Waals surface area (Å²) < 4.78 is 1.90.